The highest BCUT2D eigenvalue weighted by molar-refractivity contribution is 5.85. The molecular weight excluding hydrogens is 390 g/mol. The lowest BCUT2D eigenvalue weighted by Crippen LogP contribution is -2.35. The molecule has 0 N–H and O–H groups in total. The maximum atomic E-state index is 13.1. The number of benzene rings is 1. The second-order valence-corrected chi connectivity index (χ2v) is 8.46. The van der Waals surface area contributed by atoms with Gasteiger partial charge in [-0.3, -0.25) is 9.78 Å². The largest absolute Gasteiger partial charge is 0.483 e. The molecule has 3 atom stereocenters. The molecule has 0 saturated heterocycles. The van der Waals surface area contributed by atoms with Gasteiger partial charge in [0.1, 0.15) is 5.75 Å². The number of aromatic nitrogens is 3. The van der Waals surface area contributed by atoms with Crippen molar-refractivity contribution in [3.8, 4) is 17.1 Å². The molecule has 0 aliphatic heterocycles. The zero-order valence-electron chi connectivity index (χ0n) is 18.9. The highest BCUT2D eigenvalue weighted by atomic mass is 16.5. The fourth-order valence-electron chi connectivity index (χ4n) is 3.88. The van der Waals surface area contributed by atoms with Crippen molar-refractivity contribution in [2.75, 3.05) is 0 Å². The number of aryl methyl sites for hydroxylation is 2. The summed E-state index contributed by atoms with van der Waals surface area (Å²) >= 11 is 0. The Balaban J connectivity index is 1.61. The van der Waals surface area contributed by atoms with Crippen LogP contribution in [-0.4, -0.2) is 27.0 Å². The molecule has 3 unspecified atom stereocenters. The van der Waals surface area contributed by atoms with E-state index in [1.807, 2.05) is 57.2 Å². The number of hydrogen-bond donors (Lipinski definition) is 0. The van der Waals surface area contributed by atoms with Crippen LogP contribution in [0.5, 0.6) is 5.75 Å². The predicted octanol–water partition coefficient (Wildman–Crippen LogP) is 5.32. The van der Waals surface area contributed by atoms with Crippen LogP contribution in [0.3, 0.4) is 0 Å². The van der Waals surface area contributed by atoms with Crippen molar-refractivity contribution >= 4 is 5.78 Å². The van der Waals surface area contributed by atoms with Crippen molar-refractivity contribution < 1.29 is 14.1 Å². The average molecular weight is 422 g/mol. The summed E-state index contributed by atoms with van der Waals surface area (Å²) < 4.78 is 11.3. The molecule has 0 aliphatic carbocycles. The number of carbonyl (C=O) groups is 1. The lowest BCUT2D eigenvalue weighted by Gasteiger charge is -2.28. The van der Waals surface area contributed by atoms with Gasteiger partial charge < -0.3 is 9.26 Å². The zero-order chi connectivity index (χ0) is 22.4. The van der Waals surface area contributed by atoms with Crippen molar-refractivity contribution in [2.45, 2.75) is 53.6 Å². The number of ketones is 1. The van der Waals surface area contributed by atoms with Gasteiger partial charge in [-0.1, -0.05) is 43.6 Å². The van der Waals surface area contributed by atoms with Gasteiger partial charge in [0.25, 0.3) is 0 Å². The maximum absolute atomic E-state index is 13.1. The smallest absolute Gasteiger partial charge is 0.226 e. The summed E-state index contributed by atoms with van der Waals surface area (Å²) in [5.74, 6) is 2.33. The summed E-state index contributed by atoms with van der Waals surface area (Å²) in [4.78, 5) is 21.7. The lowest BCUT2D eigenvalue weighted by atomic mass is 9.78. The van der Waals surface area contributed by atoms with Crippen molar-refractivity contribution in [2.24, 2.45) is 17.8 Å². The third-order valence-electron chi connectivity index (χ3n) is 5.76. The molecule has 1 aromatic carbocycles. The Kier molecular flexibility index (Phi) is 7.55. The Bertz CT molecular complexity index is 967. The second-order valence-electron chi connectivity index (χ2n) is 8.46. The van der Waals surface area contributed by atoms with Gasteiger partial charge in [0, 0.05) is 30.3 Å². The van der Waals surface area contributed by atoms with Crippen LogP contribution < -0.4 is 4.74 Å². The van der Waals surface area contributed by atoms with E-state index in [4.69, 9.17) is 9.26 Å². The van der Waals surface area contributed by atoms with E-state index in [2.05, 4.69) is 29.0 Å². The summed E-state index contributed by atoms with van der Waals surface area (Å²) in [7, 11) is 0. The van der Waals surface area contributed by atoms with Gasteiger partial charge in [-0.05, 0) is 56.4 Å². The van der Waals surface area contributed by atoms with Crippen LogP contribution in [0.2, 0.25) is 0 Å². The average Bonchev–Trinajstić information content (AvgIpc) is 3.24. The minimum atomic E-state index is -0.500. The normalized spacial score (nSPS) is 14.3. The van der Waals surface area contributed by atoms with Crippen molar-refractivity contribution in [1.29, 1.82) is 0 Å². The van der Waals surface area contributed by atoms with Crippen LogP contribution in [0.25, 0.3) is 11.4 Å². The maximum Gasteiger partial charge on any atom is 0.226 e. The Labute approximate surface area is 184 Å². The fourth-order valence-corrected chi connectivity index (χ4v) is 3.88. The number of carbonyl (C=O) groups excluding carboxylic acids is 1. The summed E-state index contributed by atoms with van der Waals surface area (Å²) in [6, 6.07) is 11.5. The molecule has 6 nitrogen and oxygen atoms in total. The minimum absolute atomic E-state index is 0.112. The molecular formula is C25H31N3O3. The number of Topliss-reactive ketones (excluding diaryl/α,β-unsaturated/α-hetero) is 1. The first kappa shape index (κ1) is 22.7. The molecule has 0 bridgehead atoms. The molecule has 164 valence electrons. The third-order valence-corrected chi connectivity index (χ3v) is 5.76. The minimum Gasteiger partial charge on any atom is -0.483 e. The molecule has 0 amide bonds. The molecule has 0 saturated carbocycles. The number of hydrogen-bond acceptors (Lipinski definition) is 6. The highest BCUT2D eigenvalue weighted by Gasteiger charge is 2.31. The van der Waals surface area contributed by atoms with E-state index in [0.717, 1.165) is 17.5 Å². The molecule has 0 spiro atoms. The number of ether oxygens (including phenoxy) is 1. The van der Waals surface area contributed by atoms with E-state index >= 15 is 0 Å². The number of nitrogens with zero attached hydrogens (tertiary/aromatic N) is 3. The van der Waals surface area contributed by atoms with Gasteiger partial charge >= 0.3 is 0 Å². The van der Waals surface area contributed by atoms with E-state index in [1.165, 1.54) is 0 Å². The van der Waals surface area contributed by atoms with Gasteiger partial charge in [-0.2, -0.15) is 4.98 Å². The first-order valence-corrected chi connectivity index (χ1v) is 10.8. The number of pyridine rings is 1. The van der Waals surface area contributed by atoms with Gasteiger partial charge in [0.15, 0.2) is 11.9 Å². The van der Waals surface area contributed by atoms with Gasteiger partial charge in [0.05, 0.1) is 0 Å². The standard InChI is InChI=1S/C25H31N3O3/c1-16(2)22(12-13-23-27-25(28-31-23)20-7-6-14-26-15-20)18(4)24(29)19(5)30-21-10-8-17(3)9-11-21/h6-11,14-16,18-19,22H,12-13H2,1-5H3. The summed E-state index contributed by atoms with van der Waals surface area (Å²) in [6.07, 6.45) is 4.33. The zero-order valence-corrected chi connectivity index (χ0v) is 18.9. The van der Waals surface area contributed by atoms with E-state index in [9.17, 15) is 4.79 Å². The lowest BCUT2D eigenvalue weighted by molar-refractivity contribution is -0.131. The molecule has 2 heterocycles. The predicted molar refractivity (Wildman–Crippen MR) is 120 cm³/mol. The fraction of sp³-hybridized carbons (Fsp3) is 0.440. The molecule has 3 rings (SSSR count). The second kappa shape index (κ2) is 10.3. The monoisotopic (exact) mass is 421 g/mol. The van der Waals surface area contributed by atoms with Gasteiger partial charge in [-0.25, -0.2) is 0 Å². The van der Waals surface area contributed by atoms with Crippen LogP contribution in [0.1, 0.15) is 45.6 Å². The summed E-state index contributed by atoms with van der Waals surface area (Å²) in [6.45, 7) is 10.1. The van der Waals surface area contributed by atoms with E-state index in [1.54, 1.807) is 12.4 Å². The Morgan fingerprint density at radius 1 is 1.10 bits per heavy atom. The molecule has 3 aromatic rings. The molecule has 31 heavy (non-hydrogen) atoms. The van der Waals surface area contributed by atoms with Crippen molar-refractivity contribution in [3.05, 3.63) is 60.2 Å². The van der Waals surface area contributed by atoms with Gasteiger partial charge in [0.2, 0.25) is 11.7 Å². The van der Waals surface area contributed by atoms with Crippen LogP contribution in [-0.2, 0) is 11.2 Å². The van der Waals surface area contributed by atoms with Crippen LogP contribution in [0.4, 0.5) is 0 Å². The molecule has 0 radical (unpaired) electrons. The summed E-state index contributed by atoms with van der Waals surface area (Å²) in [5.41, 5.74) is 1.98. The highest BCUT2D eigenvalue weighted by Crippen LogP contribution is 2.29. The Morgan fingerprint density at radius 2 is 1.84 bits per heavy atom. The quantitative estimate of drug-likeness (QED) is 0.441. The number of rotatable bonds is 10. The Hall–Kier alpha value is -3.02. The molecule has 6 heteroatoms. The van der Waals surface area contributed by atoms with Crippen molar-refractivity contribution in [3.63, 3.8) is 0 Å². The van der Waals surface area contributed by atoms with Crippen LogP contribution in [0, 0.1) is 24.7 Å². The first-order chi connectivity index (χ1) is 14.8. The van der Waals surface area contributed by atoms with Gasteiger partial charge in [-0.15, -0.1) is 0 Å². The molecule has 0 aliphatic rings. The molecule has 2 aromatic heterocycles. The van der Waals surface area contributed by atoms with Crippen molar-refractivity contribution in [1.82, 2.24) is 15.1 Å². The molecule has 0 fully saturated rings. The van der Waals surface area contributed by atoms with E-state index < -0.39 is 6.10 Å². The van der Waals surface area contributed by atoms with E-state index in [0.29, 0.717) is 29.8 Å². The Morgan fingerprint density at radius 3 is 2.48 bits per heavy atom. The first-order valence-electron chi connectivity index (χ1n) is 10.8. The van der Waals surface area contributed by atoms with E-state index in [-0.39, 0.29) is 17.6 Å². The summed E-state index contributed by atoms with van der Waals surface area (Å²) in [5, 5.41) is 4.06. The van der Waals surface area contributed by atoms with Crippen LogP contribution >= 0.6 is 0 Å². The van der Waals surface area contributed by atoms with Crippen LogP contribution in [0.15, 0.2) is 53.3 Å². The SMILES string of the molecule is Cc1ccc(OC(C)C(=O)C(C)C(CCc2nc(-c3cccnc3)no2)C(C)C)cc1. The third kappa shape index (κ3) is 6.00. The topological polar surface area (TPSA) is 78.1 Å².